The van der Waals surface area contributed by atoms with Gasteiger partial charge in [0.25, 0.3) is 0 Å². The molecule has 1 aliphatic carbocycles. The molecule has 0 spiro atoms. The highest BCUT2D eigenvalue weighted by molar-refractivity contribution is 6.08. The van der Waals surface area contributed by atoms with Gasteiger partial charge < -0.3 is 4.74 Å². The first kappa shape index (κ1) is 22.1. The number of ether oxygens (including phenoxy) is 1. The summed E-state index contributed by atoms with van der Waals surface area (Å²) < 4.78 is 5.31. The molecule has 2 aliphatic rings. The van der Waals surface area contributed by atoms with Crippen LogP contribution in [0.25, 0.3) is 0 Å². The molecule has 0 radical (unpaired) electrons. The van der Waals surface area contributed by atoms with E-state index in [1.165, 1.54) is 0 Å². The zero-order valence-corrected chi connectivity index (χ0v) is 19.9. The van der Waals surface area contributed by atoms with Crippen LogP contribution in [0.4, 0.5) is 5.69 Å². The van der Waals surface area contributed by atoms with Crippen LogP contribution in [0.15, 0.2) is 84.1 Å². The van der Waals surface area contributed by atoms with Crippen LogP contribution in [-0.2, 0) is 9.59 Å². The van der Waals surface area contributed by atoms with Crippen LogP contribution < -0.4 is 9.64 Å². The van der Waals surface area contributed by atoms with Gasteiger partial charge in [-0.1, -0.05) is 48.5 Å². The number of rotatable bonds is 4. The van der Waals surface area contributed by atoms with Crippen molar-refractivity contribution in [1.29, 1.82) is 0 Å². The molecule has 1 aliphatic heterocycles. The number of nitrogens with zero attached hydrogens (tertiary/aromatic N) is 1. The van der Waals surface area contributed by atoms with Gasteiger partial charge in [0.2, 0.25) is 5.91 Å². The van der Waals surface area contributed by atoms with E-state index in [1.807, 2.05) is 73.3 Å². The Morgan fingerprint density at radius 3 is 2.12 bits per heavy atom. The molecular weight excluding hydrogens is 422 g/mol. The molecule has 172 valence electrons. The van der Waals surface area contributed by atoms with Crippen LogP contribution in [-0.4, -0.2) is 18.8 Å². The van der Waals surface area contributed by atoms with Gasteiger partial charge in [-0.3, -0.25) is 14.5 Å². The van der Waals surface area contributed by atoms with Crippen molar-refractivity contribution in [2.45, 2.75) is 44.9 Å². The Morgan fingerprint density at radius 2 is 1.47 bits per heavy atom. The van der Waals surface area contributed by atoms with Crippen molar-refractivity contribution < 1.29 is 14.3 Å². The van der Waals surface area contributed by atoms with Crippen LogP contribution in [0.2, 0.25) is 0 Å². The molecule has 0 saturated heterocycles. The minimum atomic E-state index is -0.236. The van der Waals surface area contributed by atoms with Crippen molar-refractivity contribution in [2.24, 2.45) is 0 Å². The number of allylic oxidation sites excluding steroid dienone is 2. The fourth-order valence-corrected chi connectivity index (χ4v) is 5.50. The second-order valence-electron chi connectivity index (χ2n) is 9.40. The van der Waals surface area contributed by atoms with Gasteiger partial charge in [0, 0.05) is 35.7 Å². The van der Waals surface area contributed by atoms with Gasteiger partial charge >= 0.3 is 0 Å². The van der Waals surface area contributed by atoms with Gasteiger partial charge in [-0.2, -0.15) is 0 Å². The summed E-state index contributed by atoms with van der Waals surface area (Å²) in [5.41, 5.74) is 6.82. The van der Waals surface area contributed by atoms with Gasteiger partial charge in [0.1, 0.15) is 5.75 Å². The molecule has 2 unspecified atom stereocenters. The first-order valence-corrected chi connectivity index (χ1v) is 11.8. The molecule has 0 aromatic heterocycles. The van der Waals surface area contributed by atoms with Crippen molar-refractivity contribution in [3.05, 3.63) is 106 Å². The van der Waals surface area contributed by atoms with Crippen molar-refractivity contribution >= 4 is 17.4 Å². The summed E-state index contributed by atoms with van der Waals surface area (Å²) in [6, 6.07) is 24.1. The molecule has 2 atom stereocenters. The maximum Gasteiger partial charge on any atom is 0.232 e. The predicted molar refractivity (Wildman–Crippen MR) is 134 cm³/mol. The Balaban J connectivity index is 1.65. The first-order chi connectivity index (χ1) is 16.4. The molecule has 4 nitrogen and oxygen atoms in total. The largest absolute Gasteiger partial charge is 0.497 e. The standard InChI is InChI=1S/C30H29NO3/c1-19-13-20(2)15-24(14-19)31-27-16-23(21-7-5-4-6-8-21)17-28(32)30(27)26(18-29(31)33)22-9-11-25(34-3)12-10-22/h4-15,23,26H,16-18H2,1-3H3. The molecular formula is C30H29NO3. The number of amides is 1. The van der Waals surface area contributed by atoms with E-state index < -0.39 is 0 Å². The smallest absolute Gasteiger partial charge is 0.232 e. The third kappa shape index (κ3) is 4.05. The van der Waals surface area contributed by atoms with Gasteiger partial charge in [-0.05, 0) is 72.7 Å². The number of carbonyl (C=O) groups is 2. The summed E-state index contributed by atoms with van der Waals surface area (Å²) >= 11 is 0. The zero-order chi connectivity index (χ0) is 23.8. The summed E-state index contributed by atoms with van der Waals surface area (Å²) in [6.07, 6.45) is 1.40. The van der Waals surface area contributed by atoms with Crippen molar-refractivity contribution in [2.75, 3.05) is 12.0 Å². The van der Waals surface area contributed by atoms with Crippen molar-refractivity contribution in [1.82, 2.24) is 0 Å². The van der Waals surface area contributed by atoms with E-state index in [1.54, 1.807) is 7.11 Å². The number of benzene rings is 3. The average molecular weight is 452 g/mol. The van der Waals surface area contributed by atoms with Gasteiger partial charge in [-0.25, -0.2) is 0 Å². The van der Waals surface area contributed by atoms with Gasteiger partial charge in [-0.15, -0.1) is 0 Å². The minimum Gasteiger partial charge on any atom is -0.497 e. The summed E-state index contributed by atoms with van der Waals surface area (Å²) in [4.78, 5) is 29.2. The number of aryl methyl sites for hydroxylation is 2. The van der Waals surface area contributed by atoms with Crippen LogP contribution >= 0.6 is 0 Å². The predicted octanol–water partition coefficient (Wildman–Crippen LogP) is 6.23. The van der Waals surface area contributed by atoms with Gasteiger partial charge in [0.05, 0.1) is 7.11 Å². The maximum absolute atomic E-state index is 13.7. The summed E-state index contributed by atoms with van der Waals surface area (Å²) in [5.74, 6) is 0.753. The minimum absolute atomic E-state index is 0.0334. The number of hydrogen-bond donors (Lipinski definition) is 0. The second kappa shape index (κ2) is 8.94. The van der Waals surface area contributed by atoms with E-state index in [2.05, 4.69) is 18.2 Å². The highest BCUT2D eigenvalue weighted by Gasteiger charge is 2.42. The molecule has 3 aromatic rings. The number of ketones is 1. The van der Waals surface area contributed by atoms with Crippen LogP contribution in [0.5, 0.6) is 5.75 Å². The molecule has 1 heterocycles. The molecule has 0 N–H and O–H groups in total. The topological polar surface area (TPSA) is 46.6 Å². The van der Waals surface area contributed by atoms with Crippen molar-refractivity contribution in [3.63, 3.8) is 0 Å². The molecule has 0 fully saturated rings. The first-order valence-electron chi connectivity index (χ1n) is 11.8. The van der Waals surface area contributed by atoms with Gasteiger partial charge in [0.15, 0.2) is 5.78 Å². The van der Waals surface area contributed by atoms with E-state index in [-0.39, 0.29) is 29.9 Å². The lowest BCUT2D eigenvalue weighted by Crippen LogP contribution is -2.41. The van der Waals surface area contributed by atoms with Crippen LogP contribution in [0.3, 0.4) is 0 Å². The highest BCUT2D eigenvalue weighted by atomic mass is 16.5. The Hall–Kier alpha value is -3.66. The molecule has 0 bridgehead atoms. The Morgan fingerprint density at radius 1 is 0.794 bits per heavy atom. The summed E-state index contributed by atoms with van der Waals surface area (Å²) in [5, 5.41) is 0. The fraction of sp³-hybridized carbons (Fsp3) is 0.267. The maximum atomic E-state index is 13.7. The quantitative estimate of drug-likeness (QED) is 0.472. The fourth-order valence-electron chi connectivity index (χ4n) is 5.50. The number of anilines is 1. The van der Waals surface area contributed by atoms with E-state index >= 15 is 0 Å². The molecule has 4 heteroatoms. The Bertz CT molecular complexity index is 1250. The molecule has 3 aromatic carbocycles. The van der Waals surface area contributed by atoms with E-state index in [9.17, 15) is 9.59 Å². The van der Waals surface area contributed by atoms with Crippen LogP contribution in [0.1, 0.15) is 53.4 Å². The molecule has 34 heavy (non-hydrogen) atoms. The molecule has 0 saturated carbocycles. The van der Waals surface area contributed by atoms with E-state index in [0.717, 1.165) is 45.0 Å². The number of Topliss-reactive ketones (excluding diaryl/α,β-unsaturated/α-hetero) is 1. The van der Waals surface area contributed by atoms with Crippen LogP contribution in [0, 0.1) is 13.8 Å². The number of carbonyl (C=O) groups excluding carboxylic acids is 2. The third-order valence-corrected chi connectivity index (χ3v) is 6.98. The zero-order valence-electron chi connectivity index (χ0n) is 19.9. The lowest BCUT2D eigenvalue weighted by Gasteiger charge is -2.40. The normalized spacial score (nSPS) is 20.4. The second-order valence-corrected chi connectivity index (χ2v) is 9.40. The SMILES string of the molecule is COc1ccc(C2CC(=O)N(c3cc(C)cc(C)c3)C3=C2C(=O)CC(c2ccccc2)C3)cc1. The van der Waals surface area contributed by atoms with E-state index in [4.69, 9.17) is 4.74 Å². The summed E-state index contributed by atoms with van der Waals surface area (Å²) in [7, 11) is 1.63. The Kier molecular flexibility index (Phi) is 5.82. The summed E-state index contributed by atoms with van der Waals surface area (Å²) in [6.45, 7) is 4.08. The molecule has 1 amide bonds. The average Bonchev–Trinajstić information content (AvgIpc) is 2.83. The lowest BCUT2D eigenvalue weighted by molar-refractivity contribution is -0.120. The number of methoxy groups -OCH3 is 1. The highest BCUT2D eigenvalue weighted by Crippen LogP contribution is 2.47. The van der Waals surface area contributed by atoms with Crippen molar-refractivity contribution in [3.8, 4) is 5.75 Å². The molecule has 5 rings (SSSR count). The van der Waals surface area contributed by atoms with E-state index in [0.29, 0.717) is 12.8 Å². The Labute approximate surface area is 200 Å². The monoisotopic (exact) mass is 451 g/mol. The number of hydrogen-bond acceptors (Lipinski definition) is 3. The lowest BCUT2D eigenvalue weighted by atomic mass is 9.72. The third-order valence-electron chi connectivity index (χ3n) is 6.98.